The second kappa shape index (κ2) is 5.46. The minimum atomic E-state index is -0.718. The van der Waals surface area contributed by atoms with Crippen molar-refractivity contribution >= 4 is 11.8 Å². The van der Waals surface area contributed by atoms with Gasteiger partial charge in [0.2, 0.25) is 0 Å². The Labute approximate surface area is 109 Å². The Morgan fingerprint density at radius 3 is 2.78 bits per heavy atom. The van der Waals surface area contributed by atoms with Crippen molar-refractivity contribution in [2.45, 2.75) is 29.9 Å². The third kappa shape index (κ3) is 2.86. The first kappa shape index (κ1) is 13.0. The van der Waals surface area contributed by atoms with Gasteiger partial charge in [-0.1, -0.05) is 11.8 Å². The largest absolute Gasteiger partial charge is 0.389 e. The van der Waals surface area contributed by atoms with E-state index < -0.39 is 6.10 Å². The van der Waals surface area contributed by atoms with Crippen molar-refractivity contribution in [2.75, 3.05) is 0 Å². The average molecular weight is 264 g/mol. The fraction of sp³-hybridized carbons (Fsp3) is 0.231. The highest BCUT2D eigenvalue weighted by Gasteiger charge is 2.13. The Balaban J connectivity index is 2.40. The Bertz CT molecular complexity index is 546. The van der Waals surface area contributed by atoms with Crippen molar-refractivity contribution in [1.29, 1.82) is 0 Å². The number of aromatic nitrogens is 2. The molecule has 0 radical (unpaired) electrons. The van der Waals surface area contributed by atoms with E-state index in [1.165, 1.54) is 24.2 Å². The molecule has 0 aliphatic heterocycles. The maximum atomic E-state index is 13.5. The average Bonchev–Trinajstić information content (AvgIpc) is 2.34. The molecule has 18 heavy (non-hydrogen) atoms. The Morgan fingerprint density at radius 1 is 1.39 bits per heavy atom. The zero-order chi connectivity index (χ0) is 13.1. The molecule has 1 aromatic heterocycles. The minimum absolute atomic E-state index is 0.307. The number of benzene rings is 1. The molecule has 2 aromatic rings. The number of aliphatic hydroxyl groups excluding tert-OH is 1. The molecule has 0 saturated carbocycles. The zero-order valence-corrected chi connectivity index (χ0v) is 10.9. The molecule has 5 heteroatoms. The zero-order valence-electron chi connectivity index (χ0n) is 10.1. The van der Waals surface area contributed by atoms with E-state index in [0.29, 0.717) is 11.1 Å². The molecule has 2 rings (SSSR count). The SMILES string of the molecule is Cc1cc(Sc2ccncn2)c([C@H](C)O)cc1F. The van der Waals surface area contributed by atoms with Crippen LogP contribution >= 0.6 is 11.8 Å². The Kier molecular flexibility index (Phi) is 3.93. The smallest absolute Gasteiger partial charge is 0.126 e. The number of hydrogen-bond donors (Lipinski definition) is 1. The van der Waals surface area contributed by atoms with Gasteiger partial charge in [-0.3, -0.25) is 0 Å². The highest BCUT2D eigenvalue weighted by atomic mass is 32.2. The quantitative estimate of drug-likeness (QED) is 0.865. The lowest BCUT2D eigenvalue weighted by Gasteiger charge is -2.12. The molecule has 0 spiro atoms. The lowest BCUT2D eigenvalue weighted by Crippen LogP contribution is -1.97. The molecule has 0 fully saturated rings. The van der Waals surface area contributed by atoms with E-state index >= 15 is 0 Å². The third-order valence-electron chi connectivity index (χ3n) is 2.51. The molecule has 94 valence electrons. The van der Waals surface area contributed by atoms with Gasteiger partial charge in [-0.15, -0.1) is 0 Å². The number of aryl methyl sites for hydroxylation is 1. The van der Waals surface area contributed by atoms with Crippen LogP contribution in [-0.2, 0) is 0 Å². The molecule has 3 nitrogen and oxygen atoms in total. The van der Waals surface area contributed by atoms with Crippen LogP contribution in [0.25, 0.3) is 0 Å². The van der Waals surface area contributed by atoms with E-state index in [1.807, 2.05) is 0 Å². The minimum Gasteiger partial charge on any atom is -0.389 e. The van der Waals surface area contributed by atoms with Gasteiger partial charge >= 0.3 is 0 Å². The molecule has 0 unspecified atom stereocenters. The normalized spacial score (nSPS) is 12.4. The molecule has 0 amide bonds. The number of rotatable bonds is 3. The van der Waals surface area contributed by atoms with Crippen LogP contribution in [0.15, 0.2) is 40.6 Å². The summed E-state index contributed by atoms with van der Waals surface area (Å²) in [6.07, 6.45) is 2.39. The van der Waals surface area contributed by atoms with Crippen LogP contribution in [0.2, 0.25) is 0 Å². The molecule has 1 heterocycles. The van der Waals surface area contributed by atoms with E-state index in [9.17, 15) is 9.50 Å². The third-order valence-corrected chi connectivity index (χ3v) is 3.53. The van der Waals surface area contributed by atoms with Gasteiger partial charge in [-0.2, -0.15) is 0 Å². The van der Waals surface area contributed by atoms with Crippen LogP contribution in [0.4, 0.5) is 4.39 Å². The monoisotopic (exact) mass is 264 g/mol. The van der Waals surface area contributed by atoms with E-state index in [0.717, 1.165) is 9.92 Å². The molecule has 0 saturated heterocycles. The van der Waals surface area contributed by atoms with Crippen molar-refractivity contribution in [1.82, 2.24) is 9.97 Å². The van der Waals surface area contributed by atoms with Crippen molar-refractivity contribution in [2.24, 2.45) is 0 Å². The summed E-state index contributed by atoms with van der Waals surface area (Å²) in [4.78, 5) is 8.75. The van der Waals surface area contributed by atoms with Gasteiger partial charge < -0.3 is 5.11 Å². The van der Waals surface area contributed by atoms with E-state index in [2.05, 4.69) is 9.97 Å². The topological polar surface area (TPSA) is 46.0 Å². The molecule has 0 aliphatic rings. The van der Waals surface area contributed by atoms with Crippen molar-refractivity contribution in [3.8, 4) is 0 Å². The van der Waals surface area contributed by atoms with Crippen LogP contribution in [0.5, 0.6) is 0 Å². The van der Waals surface area contributed by atoms with Crippen LogP contribution in [0.1, 0.15) is 24.2 Å². The van der Waals surface area contributed by atoms with Crippen molar-refractivity contribution in [3.05, 3.63) is 47.7 Å². The summed E-state index contributed by atoms with van der Waals surface area (Å²) >= 11 is 1.39. The van der Waals surface area contributed by atoms with Gasteiger partial charge in [0, 0.05) is 11.1 Å². The van der Waals surface area contributed by atoms with Gasteiger partial charge in [0.15, 0.2) is 0 Å². The Hall–Kier alpha value is -1.46. The predicted molar refractivity (Wildman–Crippen MR) is 67.9 cm³/mol. The molecular weight excluding hydrogens is 251 g/mol. The van der Waals surface area contributed by atoms with Gasteiger partial charge in [0.25, 0.3) is 0 Å². The van der Waals surface area contributed by atoms with Crippen LogP contribution < -0.4 is 0 Å². The maximum absolute atomic E-state index is 13.5. The summed E-state index contributed by atoms with van der Waals surface area (Å²) in [5.74, 6) is -0.307. The van der Waals surface area contributed by atoms with Crippen molar-refractivity contribution < 1.29 is 9.50 Å². The molecule has 0 aliphatic carbocycles. The predicted octanol–water partition coefficient (Wildman–Crippen LogP) is 3.13. The van der Waals surface area contributed by atoms with Gasteiger partial charge in [-0.25, -0.2) is 14.4 Å². The summed E-state index contributed by atoms with van der Waals surface area (Å²) in [7, 11) is 0. The van der Waals surface area contributed by atoms with E-state index in [1.54, 1.807) is 32.2 Å². The first-order valence-electron chi connectivity index (χ1n) is 5.50. The second-order valence-corrected chi connectivity index (χ2v) is 5.03. The summed E-state index contributed by atoms with van der Waals surface area (Å²) in [5.41, 5.74) is 1.12. The molecular formula is C13H13FN2OS. The van der Waals surface area contributed by atoms with Crippen LogP contribution in [-0.4, -0.2) is 15.1 Å². The highest BCUT2D eigenvalue weighted by molar-refractivity contribution is 7.99. The van der Waals surface area contributed by atoms with Crippen molar-refractivity contribution in [3.63, 3.8) is 0 Å². The van der Waals surface area contributed by atoms with Gasteiger partial charge in [0.05, 0.1) is 6.10 Å². The number of aliphatic hydroxyl groups is 1. The molecule has 1 atom stereocenters. The standard InChI is InChI=1S/C13H13FN2OS/c1-8-5-12(10(9(2)17)6-11(8)14)18-13-3-4-15-7-16-13/h3-7,9,17H,1-2H3/t9-/m0/s1. The highest BCUT2D eigenvalue weighted by Crippen LogP contribution is 2.33. The number of nitrogens with zero attached hydrogens (tertiary/aromatic N) is 2. The fourth-order valence-electron chi connectivity index (χ4n) is 1.54. The van der Waals surface area contributed by atoms with Gasteiger partial charge in [0.1, 0.15) is 17.2 Å². The van der Waals surface area contributed by atoms with Crippen LogP contribution in [0.3, 0.4) is 0 Å². The van der Waals surface area contributed by atoms with E-state index in [4.69, 9.17) is 0 Å². The lowest BCUT2D eigenvalue weighted by atomic mass is 10.1. The Morgan fingerprint density at radius 2 is 2.17 bits per heavy atom. The summed E-state index contributed by atoms with van der Waals surface area (Å²) in [5, 5.41) is 10.4. The number of halogens is 1. The first-order valence-corrected chi connectivity index (χ1v) is 6.31. The fourth-order valence-corrected chi connectivity index (χ4v) is 2.57. The number of hydrogen-bond acceptors (Lipinski definition) is 4. The second-order valence-electron chi connectivity index (χ2n) is 3.96. The summed E-state index contributed by atoms with van der Waals surface area (Å²) < 4.78 is 13.5. The molecule has 1 N–H and O–H groups in total. The lowest BCUT2D eigenvalue weighted by molar-refractivity contribution is 0.196. The molecule has 1 aromatic carbocycles. The maximum Gasteiger partial charge on any atom is 0.126 e. The first-order chi connectivity index (χ1) is 8.58. The summed E-state index contributed by atoms with van der Waals surface area (Å²) in [6.45, 7) is 3.32. The van der Waals surface area contributed by atoms with Gasteiger partial charge in [-0.05, 0) is 43.2 Å². The van der Waals surface area contributed by atoms with Crippen LogP contribution in [0, 0.1) is 12.7 Å². The van der Waals surface area contributed by atoms with E-state index in [-0.39, 0.29) is 5.82 Å². The summed E-state index contributed by atoms with van der Waals surface area (Å²) in [6, 6.07) is 4.88. The molecule has 0 bridgehead atoms.